The van der Waals surface area contributed by atoms with Gasteiger partial charge in [0.2, 0.25) is 0 Å². The highest BCUT2D eigenvalue weighted by Gasteiger charge is 2.02. The molecule has 0 atom stereocenters. The Hall–Kier alpha value is -1.83. The van der Waals surface area contributed by atoms with E-state index in [1.807, 2.05) is 24.4 Å². The van der Waals surface area contributed by atoms with Crippen molar-refractivity contribution in [3.8, 4) is 5.69 Å². The molecule has 18 heavy (non-hydrogen) atoms. The summed E-state index contributed by atoms with van der Waals surface area (Å²) >= 11 is 0. The van der Waals surface area contributed by atoms with Gasteiger partial charge in [-0.2, -0.15) is 0 Å². The van der Waals surface area contributed by atoms with E-state index >= 15 is 0 Å². The van der Waals surface area contributed by atoms with E-state index in [0.29, 0.717) is 5.92 Å². The molecule has 0 spiro atoms. The molecule has 0 bridgehead atoms. The third-order valence-electron chi connectivity index (χ3n) is 3.23. The van der Waals surface area contributed by atoms with Gasteiger partial charge in [-0.25, -0.2) is 0 Å². The summed E-state index contributed by atoms with van der Waals surface area (Å²) in [5, 5.41) is 0. The Balaban J connectivity index is 2.40. The molecule has 1 aromatic heterocycles. The standard InChI is InChI=1S/C16H19NO/c1-4-13-9-10-17(16(18)11-13)15-7-5-14(6-8-15)12(2)3/h5-12H,4H2,1-3H3. The number of aromatic nitrogens is 1. The minimum Gasteiger partial charge on any atom is -0.284 e. The molecule has 2 aromatic rings. The number of hydrogen-bond acceptors (Lipinski definition) is 1. The Bertz CT molecular complexity index is 579. The fourth-order valence-corrected chi connectivity index (χ4v) is 1.97. The maximum absolute atomic E-state index is 12.0. The zero-order valence-electron chi connectivity index (χ0n) is 11.2. The number of rotatable bonds is 3. The second-order valence-corrected chi connectivity index (χ2v) is 4.84. The lowest BCUT2D eigenvalue weighted by atomic mass is 10.0. The van der Waals surface area contributed by atoms with E-state index in [4.69, 9.17) is 0 Å². The van der Waals surface area contributed by atoms with Crippen molar-refractivity contribution in [3.05, 3.63) is 64.1 Å². The van der Waals surface area contributed by atoms with Crippen LogP contribution in [0.15, 0.2) is 47.4 Å². The largest absolute Gasteiger partial charge is 0.284 e. The van der Waals surface area contributed by atoms with Crippen LogP contribution in [-0.4, -0.2) is 4.57 Å². The summed E-state index contributed by atoms with van der Waals surface area (Å²) in [6, 6.07) is 11.9. The van der Waals surface area contributed by atoms with Crippen molar-refractivity contribution in [2.45, 2.75) is 33.1 Å². The highest BCUT2D eigenvalue weighted by Crippen LogP contribution is 2.16. The van der Waals surface area contributed by atoms with E-state index in [1.165, 1.54) is 5.56 Å². The van der Waals surface area contributed by atoms with E-state index in [1.54, 1.807) is 10.6 Å². The summed E-state index contributed by atoms with van der Waals surface area (Å²) < 4.78 is 1.68. The predicted octanol–water partition coefficient (Wildman–Crippen LogP) is 3.52. The van der Waals surface area contributed by atoms with Crippen LogP contribution in [0.4, 0.5) is 0 Å². The number of benzene rings is 1. The molecule has 0 saturated carbocycles. The van der Waals surface area contributed by atoms with Crippen LogP contribution in [0.25, 0.3) is 5.69 Å². The van der Waals surface area contributed by atoms with Gasteiger partial charge in [-0.3, -0.25) is 9.36 Å². The SMILES string of the molecule is CCc1ccn(-c2ccc(C(C)C)cc2)c(=O)c1. The average molecular weight is 241 g/mol. The molecule has 0 amide bonds. The minimum absolute atomic E-state index is 0.0339. The van der Waals surface area contributed by atoms with Gasteiger partial charge in [-0.1, -0.05) is 32.9 Å². The van der Waals surface area contributed by atoms with Gasteiger partial charge in [-0.15, -0.1) is 0 Å². The van der Waals surface area contributed by atoms with Crippen LogP contribution in [0.2, 0.25) is 0 Å². The minimum atomic E-state index is 0.0339. The lowest BCUT2D eigenvalue weighted by Crippen LogP contribution is -2.17. The van der Waals surface area contributed by atoms with Gasteiger partial charge in [0.1, 0.15) is 0 Å². The van der Waals surface area contributed by atoms with E-state index < -0.39 is 0 Å². The topological polar surface area (TPSA) is 22.0 Å². The van der Waals surface area contributed by atoms with Crippen molar-refractivity contribution in [3.63, 3.8) is 0 Å². The van der Waals surface area contributed by atoms with Gasteiger partial charge in [0.25, 0.3) is 5.56 Å². The Morgan fingerprint density at radius 2 is 1.78 bits per heavy atom. The Kier molecular flexibility index (Phi) is 3.66. The van der Waals surface area contributed by atoms with Crippen molar-refractivity contribution in [1.82, 2.24) is 4.57 Å². The molecule has 0 radical (unpaired) electrons. The maximum Gasteiger partial charge on any atom is 0.255 e. The van der Waals surface area contributed by atoms with Crippen LogP contribution in [0, 0.1) is 0 Å². The second-order valence-electron chi connectivity index (χ2n) is 4.84. The molecule has 0 aliphatic rings. The molecule has 2 rings (SSSR count). The molecule has 0 unspecified atom stereocenters. The van der Waals surface area contributed by atoms with Crippen LogP contribution in [0.3, 0.4) is 0 Å². The van der Waals surface area contributed by atoms with Gasteiger partial charge >= 0.3 is 0 Å². The first-order valence-corrected chi connectivity index (χ1v) is 6.43. The summed E-state index contributed by atoms with van der Waals surface area (Å²) in [5.41, 5.74) is 3.32. The lowest BCUT2D eigenvalue weighted by molar-refractivity contribution is 0.864. The normalized spacial score (nSPS) is 10.9. The molecule has 0 fully saturated rings. The first kappa shape index (κ1) is 12.6. The van der Waals surface area contributed by atoms with Crippen LogP contribution >= 0.6 is 0 Å². The molecular formula is C16H19NO. The number of nitrogens with zero attached hydrogens (tertiary/aromatic N) is 1. The Labute approximate surface area is 108 Å². The smallest absolute Gasteiger partial charge is 0.255 e. The fourth-order valence-electron chi connectivity index (χ4n) is 1.97. The summed E-state index contributed by atoms with van der Waals surface area (Å²) in [4.78, 5) is 12.0. The van der Waals surface area contributed by atoms with E-state index in [9.17, 15) is 4.79 Å². The van der Waals surface area contributed by atoms with E-state index in [2.05, 4.69) is 32.9 Å². The van der Waals surface area contributed by atoms with Crippen molar-refractivity contribution >= 4 is 0 Å². The van der Waals surface area contributed by atoms with Crippen LogP contribution in [0.1, 0.15) is 37.8 Å². The molecular weight excluding hydrogens is 222 g/mol. The molecule has 94 valence electrons. The Morgan fingerprint density at radius 1 is 1.11 bits per heavy atom. The average Bonchev–Trinajstić information content (AvgIpc) is 2.38. The highest BCUT2D eigenvalue weighted by atomic mass is 16.1. The number of hydrogen-bond donors (Lipinski definition) is 0. The van der Waals surface area contributed by atoms with Crippen molar-refractivity contribution in [1.29, 1.82) is 0 Å². The molecule has 2 heteroatoms. The molecule has 0 N–H and O–H groups in total. The third-order valence-corrected chi connectivity index (χ3v) is 3.23. The predicted molar refractivity (Wildman–Crippen MR) is 75.5 cm³/mol. The first-order valence-electron chi connectivity index (χ1n) is 6.43. The van der Waals surface area contributed by atoms with E-state index in [-0.39, 0.29) is 5.56 Å². The van der Waals surface area contributed by atoms with Gasteiger partial charge in [-0.05, 0) is 41.7 Å². The molecule has 1 heterocycles. The zero-order valence-corrected chi connectivity index (χ0v) is 11.2. The van der Waals surface area contributed by atoms with E-state index in [0.717, 1.165) is 17.7 Å². The Morgan fingerprint density at radius 3 is 2.28 bits per heavy atom. The van der Waals surface area contributed by atoms with Gasteiger partial charge in [0.15, 0.2) is 0 Å². The summed E-state index contributed by atoms with van der Waals surface area (Å²) in [5.74, 6) is 0.512. The van der Waals surface area contributed by atoms with Gasteiger partial charge in [0, 0.05) is 18.0 Å². The number of aryl methyl sites for hydroxylation is 1. The quantitative estimate of drug-likeness (QED) is 0.805. The second kappa shape index (κ2) is 5.21. The van der Waals surface area contributed by atoms with Gasteiger partial charge < -0.3 is 0 Å². The van der Waals surface area contributed by atoms with Gasteiger partial charge in [0.05, 0.1) is 0 Å². The monoisotopic (exact) mass is 241 g/mol. The fraction of sp³-hybridized carbons (Fsp3) is 0.312. The number of pyridine rings is 1. The summed E-state index contributed by atoms with van der Waals surface area (Å²) in [7, 11) is 0. The van der Waals surface area contributed by atoms with Crippen LogP contribution < -0.4 is 5.56 Å². The molecule has 2 nitrogen and oxygen atoms in total. The molecule has 0 saturated heterocycles. The molecule has 0 aliphatic carbocycles. The van der Waals surface area contributed by atoms with Crippen molar-refractivity contribution in [2.24, 2.45) is 0 Å². The van der Waals surface area contributed by atoms with Crippen LogP contribution in [-0.2, 0) is 6.42 Å². The maximum atomic E-state index is 12.0. The summed E-state index contributed by atoms with van der Waals surface area (Å²) in [6.07, 6.45) is 2.74. The lowest BCUT2D eigenvalue weighted by Gasteiger charge is -2.09. The molecule has 0 aliphatic heterocycles. The first-order chi connectivity index (χ1) is 8.61. The van der Waals surface area contributed by atoms with Crippen molar-refractivity contribution in [2.75, 3.05) is 0 Å². The highest BCUT2D eigenvalue weighted by molar-refractivity contribution is 5.36. The summed E-state index contributed by atoms with van der Waals surface area (Å²) in [6.45, 7) is 6.38. The third kappa shape index (κ3) is 2.53. The molecule has 1 aromatic carbocycles. The van der Waals surface area contributed by atoms with Crippen molar-refractivity contribution < 1.29 is 0 Å². The van der Waals surface area contributed by atoms with Crippen LogP contribution in [0.5, 0.6) is 0 Å². The zero-order chi connectivity index (χ0) is 13.1.